The molecule has 1 amide bonds. The third kappa shape index (κ3) is 3.63. The molecule has 0 aliphatic carbocycles. The summed E-state index contributed by atoms with van der Waals surface area (Å²) in [6, 6.07) is 13.7. The molecular weight excluding hydrogens is 354 g/mol. The first-order valence-electron chi connectivity index (χ1n) is 9.49. The number of aryl methyl sites for hydroxylation is 2. The molecule has 6 heteroatoms. The predicted octanol–water partition coefficient (Wildman–Crippen LogP) is 4.27. The van der Waals surface area contributed by atoms with E-state index in [0.29, 0.717) is 31.3 Å². The highest BCUT2D eigenvalue weighted by Crippen LogP contribution is 2.33. The Morgan fingerprint density at radius 2 is 1.86 bits per heavy atom. The van der Waals surface area contributed by atoms with Crippen molar-refractivity contribution in [3.05, 3.63) is 59.5 Å². The van der Waals surface area contributed by atoms with Crippen LogP contribution < -0.4 is 9.64 Å². The summed E-state index contributed by atoms with van der Waals surface area (Å²) < 4.78 is 10.9. The second-order valence-electron chi connectivity index (χ2n) is 7.16. The van der Waals surface area contributed by atoms with Gasteiger partial charge in [-0.15, -0.1) is 0 Å². The van der Waals surface area contributed by atoms with Crippen molar-refractivity contribution in [2.75, 3.05) is 18.1 Å². The van der Waals surface area contributed by atoms with Crippen LogP contribution in [0.15, 0.2) is 47.0 Å². The van der Waals surface area contributed by atoms with E-state index in [1.165, 1.54) is 0 Å². The predicted molar refractivity (Wildman–Crippen MR) is 107 cm³/mol. The Morgan fingerprint density at radius 1 is 1.14 bits per heavy atom. The van der Waals surface area contributed by atoms with Gasteiger partial charge in [0.15, 0.2) is 0 Å². The highest BCUT2D eigenvalue weighted by molar-refractivity contribution is 5.96. The molecular formula is C22H23N3O3. The van der Waals surface area contributed by atoms with Crippen LogP contribution in [0.4, 0.5) is 5.69 Å². The lowest BCUT2D eigenvalue weighted by Gasteiger charge is -2.17. The Hall–Kier alpha value is -3.15. The number of aromatic nitrogens is 2. The third-order valence-corrected chi connectivity index (χ3v) is 4.86. The van der Waals surface area contributed by atoms with Gasteiger partial charge in [-0.25, -0.2) is 0 Å². The van der Waals surface area contributed by atoms with E-state index in [2.05, 4.69) is 16.2 Å². The van der Waals surface area contributed by atoms with Crippen LogP contribution in [0.1, 0.15) is 36.3 Å². The van der Waals surface area contributed by atoms with Crippen molar-refractivity contribution in [1.29, 1.82) is 0 Å². The summed E-state index contributed by atoms with van der Waals surface area (Å²) in [4.78, 5) is 18.9. The molecule has 1 atom stereocenters. The zero-order valence-electron chi connectivity index (χ0n) is 16.3. The zero-order chi connectivity index (χ0) is 19.7. The topological polar surface area (TPSA) is 68.5 Å². The van der Waals surface area contributed by atoms with Gasteiger partial charge in [-0.3, -0.25) is 4.79 Å². The minimum atomic E-state index is -0.0998. The zero-order valence-corrected chi connectivity index (χ0v) is 16.3. The Balaban J connectivity index is 1.52. The Morgan fingerprint density at radius 3 is 2.54 bits per heavy atom. The quantitative estimate of drug-likeness (QED) is 0.664. The molecule has 0 bridgehead atoms. The molecule has 1 saturated heterocycles. The van der Waals surface area contributed by atoms with Crippen molar-refractivity contribution < 1.29 is 14.1 Å². The van der Waals surface area contributed by atoms with Crippen molar-refractivity contribution in [1.82, 2.24) is 10.1 Å². The number of rotatable bonds is 5. The molecule has 4 rings (SSSR count). The van der Waals surface area contributed by atoms with E-state index in [9.17, 15) is 4.79 Å². The molecule has 0 N–H and O–H groups in total. The summed E-state index contributed by atoms with van der Waals surface area (Å²) in [5.41, 5.74) is 4.06. The molecule has 28 heavy (non-hydrogen) atoms. The van der Waals surface area contributed by atoms with Gasteiger partial charge < -0.3 is 14.2 Å². The third-order valence-electron chi connectivity index (χ3n) is 4.86. The molecule has 1 fully saturated rings. The summed E-state index contributed by atoms with van der Waals surface area (Å²) >= 11 is 0. The number of carbonyl (C=O) groups is 1. The standard InChI is InChI=1S/C22H23N3O3/c1-4-27-19-7-5-16(6-8-19)21-23-22(28-24-21)17-12-20(26)25(13-17)18-10-14(2)9-15(3)11-18/h5-11,17H,4,12-13H2,1-3H3. The van der Waals surface area contributed by atoms with Gasteiger partial charge >= 0.3 is 0 Å². The second-order valence-corrected chi connectivity index (χ2v) is 7.16. The fraction of sp³-hybridized carbons (Fsp3) is 0.318. The molecule has 3 aromatic rings. The van der Waals surface area contributed by atoms with Gasteiger partial charge in [0.05, 0.1) is 12.5 Å². The minimum Gasteiger partial charge on any atom is -0.494 e. The van der Waals surface area contributed by atoms with E-state index in [1.54, 1.807) is 0 Å². The molecule has 0 saturated carbocycles. The fourth-order valence-electron chi connectivity index (χ4n) is 3.61. The van der Waals surface area contributed by atoms with Crippen LogP contribution in [0.2, 0.25) is 0 Å². The Bertz CT molecular complexity index is 974. The Labute approximate surface area is 164 Å². The first-order valence-corrected chi connectivity index (χ1v) is 9.49. The van der Waals surface area contributed by atoms with Gasteiger partial charge in [-0.2, -0.15) is 4.98 Å². The van der Waals surface area contributed by atoms with E-state index >= 15 is 0 Å². The molecule has 144 valence electrons. The second kappa shape index (κ2) is 7.46. The van der Waals surface area contributed by atoms with Crippen LogP contribution in [0, 0.1) is 13.8 Å². The van der Waals surface area contributed by atoms with E-state index < -0.39 is 0 Å². The van der Waals surface area contributed by atoms with Gasteiger partial charge in [0.1, 0.15) is 5.75 Å². The van der Waals surface area contributed by atoms with Crippen LogP contribution >= 0.6 is 0 Å². The fourth-order valence-corrected chi connectivity index (χ4v) is 3.61. The number of amides is 1. The minimum absolute atomic E-state index is 0.0795. The average molecular weight is 377 g/mol. The maximum absolute atomic E-state index is 12.6. The highest BCUT2D eigenvalue weighted by Gasteiger charge is 2.35. The first-order chi connectivity index (χ1) is 13.5. The summed E-state index contributed by atoms with van der Waals surface area (Å²) in [5, 5.41) is 4.10. The number of nitrogens with zero attached hydrogens (tertiary/aromatic N) is 3. The lowest BCUT2D eigenvalue weighted by atomic mass is 10.1. The van der Waals surface area contributed by atoms with Crippen molar-refractivity contribution in [2.24, 2.45) is 0 Å². The summed E-state index contributed by atoms with van der Waals surface area (Å²) in [6.45, 7) is 7.19. The number of hydrogen-bond acceptors (Lipinski definition) is 5. The van der Waals surface area contributed by atoms with Crippen molar-refractivity contribution in [3.8, 4) is 17.1 Å². The molecule has 0 spiro atoms. The summed E-state index contributed by atoms with van der Waals surface area (Å²) in [7, 11) is 0. The van der Waals surface area contributed by atoms with Crippen LogP contribution in [0.5, 0.6) is 5.75 Å². The van der Waals surface area contributed by atoms with Gasteiger partial charge in [0, 0.05) is 24.2 Å². The summed E-state index contributed by atoms with van der Waals surface area (Å²) in [5.74, 6) is 1.81. The molecule has 6 nitrogen and oxygen atoms in total. The number of hydrogen-bond donors (Lipinski definition) is 0. The average Bonchev–Trinajstić information content (AvgIpc) is 3.29. The molecule has 1 unspecified atom stereocenters. The van der Waals surface area contributed by atoms with E-state index in [1.807, 2.05) is 62.1 Å². The normalized spacial score (nSPS) is 16.6. The SMILES string of the molecule is CCOc1ccc(-c2noc(C3CC(=O)N(c4cc(C)cc(C)c4)C3)n2)cc1. The van der Waals surface area contributed by atoms with Crippen LogP contribution in [-0.2, 0) is 4.79 Å². The maximum Gasteiger partial charge on any atom is 0.232 e. The first kappa shape index (κ1) is 18.2. The van der Waals surface area contributed by atoms with Crippen molar-refractivity contribution in [3.63, 3.8) is 0 Å². The number of carbonyl (C=O) groups excluding carboxylic acids is 1. The molecule has 0 radical (unpaired) electrons. The number of ether oxygens (including phenoxy) is 1. The molecule has 1 aromatic heterocycles. The van der Waals surface area contributed by atoms with E-state index in [4.69, 9.17) is 9.26 Å². The van der Waals surface area contributed by atoms with Crippen LogP contribution in [0.3, 0.4) is 0 Å². The highest BCUT2D eigenvalue weighted by atomic mass is 16.5. The molecule has 1 aliphatic rings. The number of anilines is 1. The monoisotopic (exact) mass is 377 g/mol. The smallest absolute Gasteiger partial charge is 0.232 e. The molecule has 1 aliphatic heterocycles. The van der Waals surface area contributed by atoms with Gasteiger partial charge in [-0.05, 0) is 68.3 Å². The summed E-state index contributed by atoms with van der Waals surface area (Å²) in [6.07, 6.45) is 0.373. The van der Waals surface area contributed by atoms with Crippen molar-refractivity contribution in [2.45, 2.75) is 33.1 Å². The lowest BCUT2D eigenvalue weighted by molar-refractivity contribution is -0.117. The van der Waals surface area contributed by atoms with E-state index in [0.717, 1.165) is 28.1 Å². The van der Waals surface area contributed by atoms with Crippen LogP contribution in [0.25, 0.3) is 11.4 Å². The lowest BCUT2D eigenvalue weighted by Crippen LogP contribution is -2.24. The maximum atomic E-state index is 12.6. The van der Waals surface area contributed by atoms with Gasteiger partial charge in [-0.1, -0.05) is 11.2 Å². The van der Waals surface area contributed by atoms with Gasteiger partial charge in [0.25, 0.3) is 0 Å². The molecule has 2 heterocycles. The molecule has 2 aromatic carbocycles. The van der Waals surface area contributed by atoms with E-state index in [-0.39, 0.29) is 11.8 Å². The Kier molecular flexibility index (Phi) is 4.86. The largest absolute Gasteiger partial charge is 0.494 e. The number of benzene rings is 2. The van der Waals surface area contributed by atoms with Crippen LogP contribution in [-0.4, -0.2) is 29.2 Å². The van der Waals surface area contributed by atoms with Gasteiger partial charge in [0.2, 0.25) is 17.6 Å². The van der Waals surface area contributed by atoms with Crippen molar-refractivity contribution >= 4 is 11.6 Å².